The second kappa shape index (κ2) is 8.21. The fourth-order valence-electron chi connectivity index (χ4n) is 1.79. The first-order chi connectivity index (χ1) is 9.79. The highest BCUT2D eigenvalue weighted by atomic mass is 79.9. The average Bonchev–Trinajstić information content (AvgIpc) is 2.91. The summed E-state index contributed by atoms with van der Waals surface area (Å²) in [6.45, 7) is 2.42. The number of hydrogen-bond acceptors (Lipinski definition) is 4. The van der Waals surface area contributed by atoms with Crippen molar-refractivity contribution in [3.05, 3.63) is 46.6 Å². The Morgan fingerprint density at radius 3 is 2.90 bits per heavy atom. The summed E-state index contributed by atoms with van der Waals surface area (Å²) in [5, 5.41) is 11.8. The third kappa shape index (κ3) is 4.76. The molecule has 108 valence electrons. The van der Waals surface area contributed by atoms with E-state index in [9.17, 15) is 0 Å². The van der Waals surface area contributed by atoms with Crippen molar-refractivity contribution in [2.75, 3.05) is 26.4 Å². The topological polar surface area (TPSA) is 54.6 Å². The van der Waals surface area contributed by atoms with Crippen molar-refractivity contribution in [3.63, 3.8) is 0 Å². The van der Waals surface area contributed by atoms with Crippen molar-refractivity contribution in [1.82, 2.24) is 5.32 Å². The van der Waals surface area contributed by atoms with E-state index in [1.165, 1.54) is 0 Å². The molecular weight excluding hydrogens is 322 g/mol. The van der Waals surface area contributed by atoms with Gasteiger partial charge in [0.05, 0.1) is 26.4 Å². The van der Waals surface area contributed by atoms with Crippen LogP contribution in [0.3, 0.4) is 0 Å². The fraction of sp³-hybridized carbons (Fsp3) is 0.333. The molecule has 2 rings (SSSR count). The molecule has 0 aliphatic rings. The highest BCUT2D eigenvalue weighted by Gasteiger charge is 2.04. The Labute approximate surface area is 126 Å². The molecule has 0 saturated carbocycles. The third-order valence-electron chi connectivity index (χ3n) is 2.73. The molecule has 0 aliphatic carbocycles. The molecule has 0 spiro atoms. The van der Waals surface area contributed by atoms with Crippen LogP contribution in [0.4, 0.5) is 0 Å². The lowest BCUT2D eigenvalue weighted by molar-refractivity contribution is 0.0936. The molecule has 1 heterocycles. The zero-order chi connectivity index (χ0) is 14.2. The van der Waals surface area contributed by atoms with Gasteiger partial charge in [-0.3, -0.25) is 0 Å². The lowest BCUT2D eigenvalue weighted by atomic mass is 10.2. The Balaban J connectivity index is 1.80. The van der Waals surface area contributed by atoms with Crippen LogP contribution in [0, 0.1) is 0 Å². The zero-order valence-corrected chi connectivity index (χ0v) is 12.7. The van der Waals surface area contributed by atoms with Gasteiger partial charge in [-0.05, 0) is 24.3 Å². The van der Waals surface area contributed by atoms with E-state index in [-0.39, 0.29) is 6.61 Å². The Morgan fingerprint density at radius 2 is 2.10 bits per heavy atom. The van der Waals surface area contributed by atoms with Gasteiger partial charge in [-0.1, -0.05) is 28.1 Å². The van der Waals surface area contributed by atoms with Crippen LogP contribution >= 0.6 is 15.9 Å². The molecule has 0 saturated heterocycles. The number of furan rings is 1. The van der Waals surface area contributed by atoms with Crippen LogP contribution in [0.2, 0.25) is 0 Å². The quantitative estimate of drug-likeness (QED) is 0.726. The first-order valence-corrected chi connectivity index (χ1v) is 7.33. The summed E-state index contributed by atoms with van der Waals surface area (Å²) in [7, 11) is 0. The van der Waals surface area contributed by atoms with E-state index in [0.717, 1.165) is 28.1 Å². The highest BCUT2D eigenvalue weighted by molar-refractivity contribution is 9.10. The normalized spacial score (nSPS) is 10.9. The first kappa shape index (κ1) is 15.3. The Hall–Kier alpha value is -1.14. The van der Waals surface area contributed by atoms with E-state index in [2.05, 4.69) is 21.2 Å². The van der Waals surface area contributed by atoms with E-state index in [0.29, 0.717) is 19.8 Å². The van der Waals surface area contributed by atoms with E-state index in [1.807, 2.05) is 36.4 Å². The molecule has 5 heteroatoms. The number of hydrogen-bond donors (Lipinski definition) is 2. The minimum atomic E-state index is 0.0637. The molecule has 0 amide bonds. The van der Waals surface area contributed by atoms with E-state index in [4.69, 9.17) is 14.3 Å². The summed E-state index contributed by atoms with van der Waals surface area (Å²) < 4.78 is 12.0. The molecule has 1 aromatic carbocycles. The molecule has 2 N–H and O–H groups in total. The average molecular weight is 340 g/mol. The van der Waals surface area contributed by atoms with Crippen LogP contribution in [0.15, 0.2) is 45.3 Å². The second-order valence-corrected chi connectivity index (χ2v) is 5.20. The van der Waals surface area contributed by atoms with Crippen LogP contribution < -0.4 is 5.32 Å². The van der Waals surface area contributed by atoms with Crippen molar-refractivity contribution in [2.45, 2.75) is 6.54 Å². The van der Waals surface area contributed by atoms with Crippen molar-refractivity contribution in [1.29, 1.82) is 0 Å². The summed E-state index contributed by atoms with van der Waals surface area (Å²) in [5.41, 5.74) is 1.05. The second-order valence-electron chi connectivity index (χ2n) is 4.29. The third-order valence-corrected chi connectivity index (χ3v) is 3.22. The smallest absolute Gasteiger partial charge is 0.134 e. The van der Waals surface area contributed by atoms with Gasteiger partial charge in [-0.15, -0.1) is 0 Å². The molecular formula is C15H18BrNO3. The van der Waals surface area contributed by atoms with Gasteiger partial charge in [0.25, 0.3) is 0 Å². The van der Waals surface area contributed by atoms with Gasteiger partial charge in [0, 0.05) is 16.6 Å². The van der Waals surface area contributed by atoms with Gasteiger partial charge in [0.2, 0.25) is 0 Å². The molecule has 2 aromatic rings. The fourth-order valence-corrected chi connectivity index (χ4v) is 2.19. The maximum Gasteiger partial charge on any atom is 0.134 e. The predicted octanol–water partition coefficient (Wildman–Crippen LogP) is 2.81. The maximum absolute atomic E-state index is 8.57. The van der Waals surface area contributed by atoms with Crippen LogP contribution in [0.1, 0.15) is 5.76 Å². The summed E-state index contributed by atoms with van der Waals surface area (Å²) in [6.07, 6.45) is 0. The summed E-state index contributed by atoms with van der Waals surface area (Å²) in [5.74, 6) is 1.75. The van der Waals surface area contributed by atoms with Gasteiger partial charge in [0.1, 0.15) is 11.5 Å². The molecule has 0 atom stereocenters. The molecule has 20 heavy (non-hydrogen) atoms. The van der Waals surface area contributed by atoms with E-state index in [1.54, 1.807) is 0 Å². The number of rotatable bonds is 8. The molecule has 0 fully saturated rings. The monoisotopic (exact) mass is 339 g/mol. The minimum Gasteiger partial charge on any atom is -0.460 e. The number of halogens is 1. The van der Waals surface area contributed by atoms with Crippen LogP contribution in [-0.4, -0.2) is 31.5 Å². The van der Waals surface area contributed by atoms with Gasteiger partial charge in [-0.25, -0.2) is 0 Å². The maximum atomic E-state index is 8.57. The Kier molecular flexibility index (Phi) is 6.26. The van der Waals surface area contributed by atoms with E-state index < -0.39 is 0 Å². The van der Waals surface area contributed by atoms with Crippen LogP contribution in [0.5, 0.6) is 0 Å². The molecule has 4 nitrogen and oxygen atoms in total. The van der Waals surface area contributed by atoms with Crippen molar-refractivity contribution < 1.29 is 14.3 Å². The number of aliphatic hydroxyl groups is 1. The van der Waals surface area contributed by atoms with Crippen molar-refractivity contribution in [2.24, 2.45) is 0 Å². The van der Waals surface area contributed by atoms with Crippen LogP contribution in [0.25, 0.3) is 11.3 Å². The summed E-state index contributed by atoms with van der Waals surface area (Å²) in [6, 6.07) is 12.0. The van der Waals surface area contributed by atoms with E-state index >= 15 is 0 Å². The molecule has 0 aliphatic heterocycles. The van der Waals surface area contributed by atoms with Crippen molar-refractivity contribution >= 4 is 15.9 Å². The van der Waals surface area contributed by atoms with Crippen molar-refractivity contribution in [3.8, 4) is 11.3 Å². The number of ether oxygens (including phenoxy) is 1. The number of aliphatic hydroxyl groups excluding tert-OH is 1. The van der Waals surface area contributed by atoms with Gasteiger partial charge in [-0.2, -0.15) is 0 Å². The van der Waals surface area contributed by atoms with Gasteiger partial charge >= 0.3 is 0 Å². The minimum absolute atomic E-state index is 0.0637. The summed E-state index contributed by atoms with van der Waals surface area (Å²) >= 11 is 3.45. The molecule has 0 radical (unpaired) electrons. The predicted molar refractivity (Wildman–Crippen MR) is 81.5 cm³/mol. The Morgan fingerprint density at radius 1 is 1.20 bits per heavy atom. The zero-order valence-electron chi connectivity index (χ0n) is 11.1. The molecule has 0 bridgehead atoms. The molecule has 1 aromatic heterocycles. The van der Waals surface area contributed by atoms with Gasteiger partial charge < -0.3 is 19.6 Å². The van der Waals surface area contributed by atoms with Gasteiger partial charge in [0.15, 0.2) is 0 Å². The number of benzene rings is 1. The first-order valence-electron chi connectivity index (χ1n) is 6.53. The summed E-state index contributed by atoms with van der Waals surface area (Å²) in [4.78, 5) is 0. The lowest BCUT2D eigenvalue weighted by Gasteiger charge is -2.03. The highest BCUT2D eigenvalue weighted by Crippen LogP contribution is 2.24. The number of nitrogens with one attached hydrogen (secondary N) is 1. The van der Waals surface area contributed by atoms with Crippen LogP contribution in [-0.2, 0) is 11.3 Å². The lowest BCUT2D eigenvalue weighted by Crippen LogP contribution is -2.19. The SMILES string of the molecule is OCCOCCNCc1ccc(-c2cccc(Br)c2)o1. The largest absolute Gasteiger partial charge is 0.460 e. The Bertz CT molecular complexity index is 527. The standard InChI is InChI=1S/C15H18BrNO3/c16-13-3-1-2-12(10-13)15-5-4-14(20-15)11-17-6-8-19-9-7-18/h1-5,10,17-18H,6-9,11H2. The molecule has 0 unspecified atom stereocenters.